The van der Waals surface area contributed by atoms with Gasteiger partial charge in [0, 0.05) is 31.6 Å². The molecule has 1 fully saturated rings. The van der Waals surface area contributed by atoms with Crippen molar-refractivity contribution in [3.05, 3.63) is 16.1 Å². The normalized spacial score (nSPS) is 18.1. The molecule has 1 aliphatic heterocycles. The predicted molar refractivity (Wildman–Crippen MR) is 115 cm³/mol. The number of aliphatic imine (C=N–C) groups is 1. The summed E-state index contributed by atoms with van der Waals surface area (Å²) in [4.78, 5) is 11.3. The predicted octanol–water partition coefficient (Wildman–Crippen LogP) is 4.45. The van der Waals surface area contributed by atoms with E-state index in [-0.39, 0.29) is 41.4 Å². The van der Waals surface area contributed by atoms with Gasteiger partial charge in [0.2, 0.25) is 0 Å². The molecule has 0 aliphatic carbocycles. The molecule has 0 radical (unpaired) electrons. The van der Waals surface area contributed by atoms with Crippen molar-refractivity contribution in [3.63, 3.8) is 0 Å². The van der Waals surface area contributed by atoms with Crippen LogP contribution in [-0.2, 0) is 12.7 Å². The minimum absolute atomic E-state index is 0. The van der Waals surface area contributed by atoms with Gasteiger partial charge in [0.15, 0.2) is 11.7 Å². The topological polar surface area (TPSA) is 43.8 Å². The maximum atomic E-state index is 12.7. The van der Waals surface area contributed by atoms with E-state index in [9.17, 15) is 26.3 Å². The summed E-state index contributed by atoms with van der Waals surface area (Å²) in [6.07, 6.45) is -7.98. The third-order valence-corrected chi connectivity index (χ3v) is 5.33. The van der Waals surface area contributed by atoms with Crippen LogP contribution < -0.4 is 5.32 Å². The van der Waals surface area contributed by atoms with Crippen LogP contribution in [-0.4, -0.2) is 66.2 Å². The van der Waals surface area contributed by atoms with Crippen LogP contribution in [0.2, 0.25) is 0 Å². The number of guanidine groups is 1. The smallest absolute Gasteiger partial charge is 0.357 e. The first-order valence-corrected chi connectivity index (χ1v) is 10.2. The number of likely N-dealkylation sites (tertiary alicyclic amines) is 1. The second-order valence-electron chi connectivity index (χ2n) is 6.84. The molecule has 13 heteroatoms. The first-order valence-electron chi connectivity index (χ1n) is 9.35. The third-order valence-electron chi connectivity index (χ3n) is 4.49. The quantitative estimate of drug-likeness (QED) is 0.227. The Morgan fingerprint density at radius 2 is 2.00 bits per heavy atom. The maximum absolute atomic E-state index is 12.7. The molecule has 174 valence electrons. The average Bonchev–Trinajstić information content (AvgIpc) is 3.26. The Bertz CT molecular complexity index is 678. The third kappa shape index (κ3) is 8.73. The molecular formula is C17H26F6IN5S. The van der Waals surface area contributed by atoms with Crippen LogP contribution in [0.3, 0.4) is 0 Å². The molecule has 0 saturated carbocycles. The fourth-order valence-corrected chi connectivity index (χ4v) is 3.90. The molecule has 1 atom stereocenters. The highest BCUT2D eigenvalue weighted by molar-refractivity contribution is 14.0. The van der Waals surface area contributed by atoms with Crippen molar-refractivity contribution in [1.82, 2.24) is 20.1 Å². The summed E-state index contributed by atoms with van der Waals surface area (Å²) in [6, 6.07) is 0. The number of hydrogen-bond acceptors (Lipinski definition) is 4. The van der Waals surface area contributed by atoms with Crippen molar-refractivity contribution < 1.29 is 26.3 Å². The molecule has 1 aliphatic rings. The first kappa shape index (κ1) is 27.2. The molecule has 5 nitrogen and oxygen atoms in total. The van der Waals surface area contributed by atoms with E-state index in [4.69, 9.17) is 0 Å². The molecule has 0 aromatic carbocycles. The molecule has 1 aromatic rings. The van der Waals surface area contributed by atoms with Gasteiger partial charge in [0.25, 0.3) is 0 Å². The fourth-order valence-electron chi connectivity index (χ4n) is 3.18. The Labute approximate surface area is 192 Å². The largest absolute Gasteiger partial charge is 0.434 e. The van der Waals surface area contributed by atoms with E-state index in [0.29, 0.717) is 38.7 Å². The molecule has 1 aromatic heterocycles. The van der Waals surface area contributed by atoms with Gasteiger partial charge < -0.3 is 10.2 Å². The monoisotopic (exact) mass is 573 g/mol. The van der Waals surface area contributed by atoms with Gasteiger partial charge in [0.1, 0.15) is 5.01 Å². The van der Waals surface area contributed by atoms with Crippen molar-refractivity contribution in [2.75, 3.05) is 39.3 Å². The van der Waals surface area contributed by atoms with E-state index in [2.05, 4.69) is 15.3 Å². The average molecular weight is 573 g/mol. The molecule has 1 N–H and O–H groups in total. The molecule has 30 heavy (non-hydrogen) atoms. The van der Waals surface area contributed by atoms with Gasteiger partial charge in [-0.15, -0.1) is 35.3 Å². The van der Waals surface area contributed by atoms with Gasteiger partial charge in [-0.25, -0.2) is 9.98 Å². The molecular weight excluding hydrogens is 547 g/mol. The number of hydrogen-bond donors (Lipinski definition) is 1. The lowest BCUT2D eigenvalue weighted by Gasteiger charge is -2.26. The molecule has 1 unspecified atom stereocenters. The minimum Gasteiger partial charge on any atom is -0.357 e. The standard InChI is InChI=1S/C17H25F6N5S.HI/c1-3-24-15(25-7-14-26-13(10-29-14)17(21,22)23)28-6-5-12(9-28)8-27(4-2)11-16(18,19)20;/h10,12H,3-9,11H2,1-2H3,(H,24,25);1H. The van der Waals surface area contributed by atoms with Crippen molar-refractivity contribution in [2.24, 2.45) is 10.9 Å². The summed E-state index contributed by atoms with van der Waals surface area (Å²) in [6.45, 7) is 5.06. The van der Waals surface area contributed by atoms with Crippen LogP contribution in [0.15, 0.2) is 10.4 Å². The summed E-state index contributed by atoms with van der Waals surface area (Å²) in [5.41, 5.74) is -0.928. The number of nitrogens with one attached hydrogen (secondary N) is 1. The van der Waals surface area contributed by atoms with E-state index in [1.807, 2.05) is 11.8 Å². The van der Waals surface area contributed by atoms with Crippen molar-refractivity contribution in [1.29, 1.82) is 0 Å². The fraction of sp³-hybridized carbons (Fsp3) is 0.765. The molecule has 1 saturated heterocycles. The molecule has 2 heterocycles. The second-order valence-corrected chi connectivity index (χ2v) is 7.78. The zero-order chi connectivity index (χ0) is 21.7. The van der Waals surface area contributed by atoms with Crippen LogP contribution in [0.25, 0.3) is 0 Å². The van der Waals surface area contributed by atoms with Crippen LogP contribution in [0.1, 0.15) is 31.0 Å². The minimum atomic E-state index is -4.48. The Kier molecular flexibility index (Phi) is 10.6. The van der Waals surface area contributed by atoms with E-state index in [1.54, 1.807) is 6.92 Å². The van der Waals surface area contributed by atoms with Gasteiger partial charge >= 0.3 is 12.4 Å². The van der Waals surface area contributed by atoms with Gasteiger partial charge in [-0.05, 0) is 25.8 Å². The maximum Gasteiger partial charge on any atom is 0.434 e. The number of alkyl halides is 6. The van der Waals surface area contributed by atoms with Gasteiger partial charge in [-0.1, -0.05) is 6.92 Å². The van der Waals surface area contributed by atoms with Crippen molar-refractivity contribution >= 4 is 41.3 Å². The summed E-state index contributed by atoms with van der Waals surface area (Å²) < 4.78 is 75.9. The Morgan fingerprint density at radius 1 is 1.30 bits per heavy atom. The summed E-state index contributed by atoms with van der Waals surface area (Å²) in [5.74, 6) is 0.607. The molecule has 0 amide bonds. The number of nitrogens with zero attached hydrogens (tertiary/aromatic N) is 4. The summed E-state index contributed by atoms with van der Waals surface area (Å²) >= 11 is 0.899. The molecule has 0 spiro atoms. The Balaban J connectivity index is 0.00000450. The number of thiazole rings is 1. The zero-order valence-electron chi connectivity index (χ0n) is 16.7. The van der Waals surface area contributed by atoms with Crippen LogP contribution in [0, 0.1) is 5.92 Å². The SMILES string of the molecule is CCNC(=NCc1nc(C(F)(F)F)cs1)N1CCC(CN(CC)CC(F)(F)F)C1.I. The van der Waals surface area contributed by atoms with Crippen LogP contribution in [0.4, 0.5) is 26.3 Å². The second kappa shape index (κ2) is 11.7. The van der Waals surface area contributed by atoms with E-state index < -0.39 is 24.6 Å². The Morgan fingerprint density at radius 3 is 2.53 bits per heavy atom. The van der Waals surface area contributed by atoms with E-state index >= 15 is 0 Å². The van der Waals surface area contributed by atoms with Crippen molar-refractivity contribution in [3.8, 4) is 0 Å². The highest BCUT2D eigenvalue weighted by Gasteiger charge is 2.34. The van der Waals surface area contributed by atoms with Crippen molar-refractivity contribution in [2.45, 2.75) is 39.2 Å². The van der Waals surface area contributed by atoms with Gasteiger partial charge in [0.05, 0.1) is 13.1 Å². The number of rotatable bonds is 7. The van der Waals surface area contributed by atoms with Crippen LogP contribution >= 0.6 is 35.3 Å². The van der Waals surface area contributed by atoms with E-state index in [0.717, 1.165) is 23.1 Å². The zero-order valence-corrected chi connectivity index (χ0v) is 19.8. The number of halogens is 7. The lowest BCUT2D eigenvalue weighted by atomic mass is 10.1. The first-order chi connectivity index (χ1) is 13.5. The molecule has 0 bridgehead atoms. The van der Waals surface area contributed by atoms with Gasteiger partial charge in [-0.3, -0.25) is 4.90 Å². The van der Waals surface area contributed by atoms with Gasteiger partial charge in [-0.2, -0.15) is 26.3 Å². The van der Waals surface area contributed by atoms with Crippen LogP contribution in [0.5, 0.6) is 0 Å². The van der Waals surface area contributed by atoms with E-state index in [1.165, 1.54) is 4.90 Å². The summed E-state index contributed by atoms with van der Waals surface area (Å²) in [5, 5.41) is 4.31. The number of aromatic nitrogens is 1. The highest BCUT2D eigenvalue weighted by atomic mass is 127. The molecule has 2 rings (SSSR count). The lowest BCUT2D eigenvalue weighted by molar-refractivity contribution is -0.146. The lowest BCUT2D eigenvalue weighted by Crippen LogP contribution is -2.41. The Hall–Kier alpha value is -0.830. The highest BCUT2D eigenvalue weighted by Crippen LogP contribution is 2.30. The summed E-state index contributed by atoms with van der Waals surface area (Å²) in [7, 11) is 0.